The van der Waals surface area contributed by atoms with Gasteiger partial charge >= 0.3 is 0 Å². The minimum Gasteiger partial charge on any atom is -0.495 e. The molecular weight excluding hydrogens is 479 g/mol. The first-order chi connectivity index (χ1) is 17.6. The number of hydrogen-bond donors (Lipinski definition) is 2. The Hall–Kier alpha value is -4.18. The Kier molecular flexibility index (Phi) is 8.30. The predicted octanol–water partition coefficient (Wildman–Crippen LogP) is 4.66. The molecule has 0 bridgehead atoms. The molecule has 0 spiro atoms. The van der Waals surface area contributed by atoms with Crippen LogP contribution in [0.25, 0.3) is 5.69 Å². The summed E-state index contributed by atoms with van der Waals surface area (Å²) in [4.78, 5) is 12.6. The van der Waals surface area contributed by atoms with Gasteiger partial charge in [-0.25, -0.2) is 9.82 Å². The number of rotatable bonds is 10. The van der Waals surface area contributed by atoms with E-state index in [0.717, 1.165) is 17.1 Å². The van der Waals surface area contributed by atoms with Crippen LogP contribution in [0, 0.1) is 5.82 Å². The van der Waals surface area contributed by atoms with Crippen LogP contribution in [0.5, 0.6) is 5.75 Å². The summed E-state index contributed by atoms with van der Waals surface area (Å²) in [6, 6.07) is 23.5. The number of carbonyl (C=O) groups is 1. The second-order valence-corrected chi connectivity index (χ2v) is 8.95. The molecule has 1 unspecified atom stereocenters. The number of ether oxygens (including phenoxy) is 1. The molecule has 184 valence electrons. The van der Waals surface area contributed by atoms with Gasteiger partial charge in [-0.15, -0.1) is 10.2 Å². The highest BCUT2D eigenvalue weighted by atomic mass is 32.2. The van der Waals surface area contributed by atoms with Gasteiger partial charge in [0.25, 0.3) is 5.91 Å². The van der Waals surface area contributed by atoms with Crippen LogP contribution in [0.3, 0.4) is 0 Å². The number of halogens is 1. The Morgan fingerprint density at radius 3 is 2.58 bits per heavy atom. The fourth-order valence-electron chi connectivity index (χ4n) is 3.34. The first-order valence-electron chi connectivity index (χ1n) is 11.2. The largest absolute Gasteiger partial charge is 0.495 e. The van der Waals surface area contributed by atoms with Gasteiger partial charge in [-0.3, -0.25) is 9.36 Å². The number of carbonyl (C=O) groups excluding carboxylic acids is 1. The van der Waals surface area contributed by atoms with Gasteiger partial charge in [0, 0.05) is 11.3 Å². The summed E-state index contributed by atoms with van der Waals surface area (Å²) >= 11 is 1.25. The van der Waals surface area contributed by atoms with E-state index < -0.39 is 11.1 Å². The molecule has 0 fully saturated rings. The molecule has 0 aliphatic carbocycles. The standard InChI is InChI=1S/C26H25FN6O2S/c1-18(25(34)31-29-16-19-10-6-7-13-21(19)27)36-26-32-30-24(33(26)20-11-4-3-5-12-20)17-28-22-14-8-9-15-23(22)35-2/h3-16,18,28H,17H2,1-2H3,(H,31,34). The number of nitrogens with zero attached hydrogens (tertiary/aromatic N) is 4. The van der Waals surface area contributed by atoms with Crippen molar-refractivity contribution in [1.82, 2.24) is 20.2 Å². The van der Waals surface area contributed by atoms with Crippen molar-refractivity contribution in [2.75, 3.05) is 12.4 Å². The zero-order valence-electron chi connectivity index (χ0n) is 19.8. The van der Waals surface area contributed by atoms with Gasteiger partial charge < -0.3 is 10.1 Å². The molecule has 0 saturated heterocycles. The van der Waals surface area contributed by atoms with E-state index in [1.54, 1.807) is 32.2 Å². The zero-order chi connectivity index (χ0) is 25.3. The lowest BCUT2D eigenvalue weighted by Gasteiger charge is -2.14. The van der Waals surface area contributed by atoms with Gasteiger partial charge in [0.2, 0.25) is 0 Å². The van der Waals surface area contributed by atoms with E-state index in [4.69, 9.17) is 4.74 Å². The Balaban J connectivity index is 1.49. The van der Waals surface area contributed by atoms with E-state index >= 15 is 0 Å². The molecule has 36 heavy (non-hydrogen) atoms. The van der Waals surface area contributed by atoms with E-state index in [1.165, 1.54) is 24.0 Å². The van der Waals surface area contributed by atoms with Gasteiger partial charge in [0.05, 0.1) is 30.8 Å². The van der Waals surface area contributed by atoms with Crippen LogP contribution in [-0.4, -0.2) is 39.2 Å². The molecule has 1 amide bonds. The van der Waals surface area contributed by atoms with Crippen LogP contribution in [0.2, 0.25) is 0 Å². The van der Waals surface area contributed by atoms with Crippen molar-refractivity contribution in [2.45, 2.75) is 23.9 Å². The lowest BCUT2D eigenvalue weighted by molar-refractivity contribution is -0.120. The number of thioether (sulfide) groups is 1. The third kappa shape index (κ3) is 6.08. The summed E-state index contributed by atoms with van der Waals surface area (Å²) in [6.45, 7) is 2.13. The number of hydrogen-bond acceptors (Lipinski definition) is 7. The molecular formula is C26H25FN6O2S. The number of hydrazone groups is 1. The summed E-state index contributed by atoms with van der Waals surface area (Å²) in [7, 11) is 1.62. The summed E-state index contributed by atoms with van der Waals surface area (Å²) in [5.74, 6) is 0.630. The summed E-state index contributed by atoms with van der Waals surface area (Å²) in [5.41, 5.74) is 4.45. The average Bonchev–Trinajstić information content (AvgIpc) is 3.31. The fraction of sp³-hybridized carbons (Fsp3) is 0.154. The predicted molar refractivity (Wildman–Crippen MR) is 139 cm³/mol. The number of benzene rings is 3. The molecule has 1 atom stereocenters. The Bertz CT molecular complexity index is 1350. The van der Waals surface area contributed by atoms with Crippen molar-refractivity contribution in [2.24, 2.45) is 5.10 Å². The summed E-state index contributed by atoms with van der Waals surface area (Å²) in [5, 5.41) is 16.0. The lowest BCUT2D eigenvalue weighted by atomic mass is 10.2. The lowest BCUT2D eigenvalue weighted by Crippen LogP contribution is -2.27. The van der Waals surface area contributed by atoms with Crippen LogP contribution >= 0.6 is 11.8 Å². The van der Waals surface area contributed by atoms with Crippen molar-refractivity contribution in [3.8, 4) is 11.4 Å². The van der Waals surface area contributed by atoms with Crippen molar-refractivity contribution < 1.29 is 13.9 Å². The number of aromatic nitrogens is 3. The second-order valence-electron chi connectivity index (χ2n) is 7.64. The highest BCUT2D eigenvalue weighted by Gasteiger charge is 2.21. The molecule has 2 N–H and O–H groups in total. The molecule has 10 heteroatoms. The number of nitrogens with one attached hydrogen (secondary N) is 2. The quantitative estimate of drug-likeness (QED) is 0.185. The maximum atomic E-state index is 13.7. The molecule has 1 heterocycles. The maximum absolute atomic E-state index is 13.7. The van der Waals surface area contributed by atoms with Gasteiger partial charge in [-0.2, -0.15) is 5.10 Å². The molecule has 4 rings (SSSR count). The van der Waals surface area contributed by atoms with Crippen LogP contribution < -0.4 is 15.5 Å². The number of anilines is 1. The van der Waals surface area contributed by atoms with Crippen LogP contribution in [0.1, 0.15) is 18.3 Å². The van der Waals surface area contributed by atoms with E-state index in [1.807, 2.05) is 59.2 Å². The van der Waals surface area contributed by atoms with Crippen molar-refractivity contribution >= 4 is 29.6 Å². The SMILES string of the molecule is COc1ccccc1NCc1nnc(SC(C)C(=O)NN=Cc2ccccc2F)n1-c1ccccc1. The maximum Gasteiger partial charge on any atom is 0.253 e. The molecule has 4 aromatic rings. The van der Waals surface area contributed by atoms with Crippen LogP contribution in [-0.2, 0) is 11.3 Å². The van der Waals surface area contributed by atoms with Gasteiger partial charge in [-0.1, -0.05) is 60.3 Å². The molecule has 3 aromatic carbocycles. The topological polar surface area (TPSA) is 93.4 Å². The van der Waals surface area contributed by atoms with E-state index in [-0.39, 0.29) is 11.5 Å². The molecule has 0 saturated carbocycles. The normalized spacial score (nSPS) is 11.9. The van der Waals surface area contributed by atoms with E-state index in [2.05, 4.69) is 26.0 Å². The van der Waals surface area contributed by atoms with E-state index in [9.17, 15) is 9.18 Å². The Morgan fingerprint density at radius 1 is 1.08 bits per heavy atom. The fourth-order valence-corrected chi connectivity index (χ4v) is 4.22. The van der Waals surface area contributed by atoms with Crippen molar-refractivity contribution in [3.63, 3.8) is 0 Å². The molecule has 8 nitrogen and oxygen atoms in total. The van der Waals surface area contributed by atoms with Crippen LogP contribution in [0.4, 0.5) is 10.1 Å². The highest BCUT2D eigenvalue weighted by molar-refractivity contribution is 8.00. The Morgan fingerprint density at radius 2 is 1.81 bits per heavy atom. The molecule has 0 radical (unpaired) electrons. The molecule has 1 aromatic heterocycles. The third-order valence-electron chi connectivity index (χ3n) is 5.19. The summed E-state index contributed by atoms with van der Waals surface area (Å²) in [6.07, 6.45) is 1.28. The smallest absolute Gasteiger partial charge is 0.253 e. The minimum atomic E-state index is -0.538. The zero-order valence-corrected chi connectivity index (χ0v) is 20.6. The first kappa shape index (κ1) is 24.9. The average molecular weight is 505 g/mol. The van der Waals surface area contributed by atoms with Gasteiger partial charge in [-0.05, 0) is 37.3 Å². The second kappa shape index (κ2) is 12.0. The monoisotopic (exact) mass is 504 g/mol. The van der Waals surface area contributed by atoms with Gasteiger partial charge in [0.15, 0.2) is 11.0 Å². The van der Waals surface area contributed by atoms with Gasteiger partial charge in [0.1, 0.15) is 11.6 Å². The number of methoxy groups -OCH3 is 1. The van der Waals surface area contributed by atoms with Crippen molar-refractivity contribution in [1.29, 1.82) is 0 Å². The van der Waals surface area contributed by atoms with Crippen LogP contribution in [0.15, 0.2) is 89.1 Å². The number of amides is 1. The first-order valence-corrected chi connectivity index (χ1v) is 12.1. The molecule has 0 aliphatic heterocycles. The Labute approximate surface area is 212 Å². The van der Waals surface area contributed by atoms with E-state index in [0.29, 0.717) is 17.5 Å². The van der Waals surface area contributed by atoms with Crippen molar-refractivity contribution in [3.05, 3.63) is 96.1 Å². The highest BCUT2D eigenvalue weighted by Crippen LogP contribution is 2.27. The molecule has 0 aliphatic rings. The third-order valence-corrected chi connectivity index (χ3v) is 6.24. The minimum absolute atomic E-state index is 0.286. The number of para-hydroxylation sites is 3. The summed E-state index contributed by atoms with van der Waals surface area (Å²) < 4.78 is 21.1.